The zero-order valence-corrected chi connectivity index (χ0v) is 14.5. The van der Waals surface area contributed by atoms with Gasteiger partial charge in [0, 0.05) is 4.47 Å². The number of carbonyl (C=O) groups excluding carboxylic acids is 2. The standard InChI is InChI=1S/C16H19BrN2O5/c17-10-5-7-11(8-6-10)24-9-14(20)18-19-15(21)12-3-1-2-4-13(12)16(22)23/h5-8,12-13H,1-4,9H2,(H,18,20)(H,19,21)(H,22,23)/t12-,13-/m0/s1. The first-order chi connectivity index (χ1) is 11.5. The third-order valence-electron chi connectivity index (χ3n) is 3.93. The normalized spacial score (nSPS) is 20.0. The third-order valence-corrected chi connectivity index (χ3v) is 4.46. The molecule has 7 nitrogen and oxygen atoms in total. The number of nitrogens with one attached hydrogen (secondary N) is 2. The molecule has 1 aliphatic rings. The van der Waals surface area contributed by atoms with Crippen LogP contribution in [0.4, 0.5) is 0 Å². The lowest BCUT2D eigenvalue weighted by molar-refractivity contribution is -0.149. The Morgan fingerprint density at radius 3 is 2.33 bits per heavy atom. The van der Waals surface area contributed by atoms with E-state index < -0.39 is 29.6 Å². The second kappa shape index (κ2) is 8.68. The lowest BCUT2D eigenvalue weighted by Gasteiger charge is -2.27. The van der Waals surface area contributed by atoms with E-state index >= 15 is 0 Å². The molecule has 8 heteroatoms. The Labute approximate surface area is 147 Å². The van der Waals surface area contributed by atoms with Crippen LogP contribution in [0, 0.1) is 11.8 Å². The minimum Gasteiger partial charge on any atom is -0.484 e. The van der Waals surface area contributed by atoms with Crippen LogP contribution in [0.15, 0.2) is 28.7 Å². The third kappa shape index (κ3) is 5.23. The molecule has 0 bridgehead atoms. The number of carboxylic acid groups (broad SMARTS) is 1. The van der Waals surface area contributed by atoms with Gasteiger partial charge in [0.15, 0.2) is 6.61 Å². The molecule has 0 saturated heterocycles. The molecule has 1 aromatic carbocycles. The van der Waals surface area contributed by atoms with Crippen LogP contribution in [0.25, 0.3) is 0 Å². The van der Waals surface area contributed by atoms with Gasteiger partial charge in [-0.3, -0.25) is 25.2 Å². The van der Waals surface area contributed by atoms with Crippen LogP contribution < -0.4 is 15.6 Å². The zero-order chi connectivity index (χ0) is 17.5. The van der Waals surface area contributed by atoms with Crippen LogP contribution in [-0.4, -0.2) is 29.5 Å². The summed E-state index contributed by atoms with van der Waals surface area (Å²) in [6.45, 7) is -0.255. The highest BCUT2D eigenvalue weighted by Crippen LogP contribution is 2.30. The van der Waals surface area contributed by atoms with Crippen LogP contribution in [0.1, 0.15) is 25.7 Å². The van der Waals surface area contributed by atoms with Crippen LogP contribution in [0.3, 0.4) is 0 Å². The molecule has 2 amide bonds. The summed E-state index contributed by atoms with van der Waals surface area (Å²) in [5, 5.41) is 9.17. The Bertz CT molecular complexity index is 605. The van der Waals surface area contributed by atoms with Gasteiger partial charge in [0.25, 0.3) is 5.91 Å². The molecule has 1 aliphatic carbocycles. The number of hydrazine groups is 1. The molecule has 0 aliphatic heterocycles. The van der Waals surface area contributed by atoms with Crippen molar-refractivity contribution in [2.75, 3.05) is 6.61 Å². The predicted molar refractivity (Wildman–Crippen MR) is 89.0 cm³/mol. The SMILES string of the molecule is O=C(COc1ccc(Br)cc1)NNC(=O)[C@H]1CCCC[C@@H]1C(=O)O. The Hall–Kier alpha value is -2.09. The van der Waals surface area contributed by atoms with Gasteiger partial charge < -0.3 is 9.84 Å². The maximum atomic E-state index is 12.1. The quantitative estimate of drug-likeness (QED) is 0.656. The second-order valence-corrected chi connectivity index (χ2v) is 6.53. The minimum atomic E-state index is -0.972. The summed E-state index contributed by atoms with van der Waals surface area (Å²) < 4.78 is 6.18. The topological polar surface area (TPSA) is 105 Å². The van der Waals surface area contributed by atoms with Crippen molar-refractivity contribution in [2.45, 2.75) is 25.7 Å². The van der Waals surface area contributed by atoms with E-state index in [0.29, 0.717) is 18.6 Å². The van der Waals surface area contributed by atoms with Crippen molar-refractivity contribution in [2.24, 2.45) is 11.8 Å². The number of ether oxygens (including phenoxy) is 1. The summed E-state index contributed by atoms with van der Waals surface area (Å²) in [6.07, 6.45) is 2.60. The molecule has 0 radical (unpaired) electrons. The van der Waals surface area contributed by atoms with E-state index in [4.69, 9.17) is 4.74 Å². The van der Waals surface area contributed by atoms with Crippen molar-refractivity contribution in [3.8, 4) is 5.75 Å². The molecule has 1 aromatic rings. The number of hydrogen-bond donors (Lipinski definition) is 3. The average Bonchev–Trinajstić information content (AvgIpc) is 2.59. The largest absolute Gasteiger partial charge is 0.484 e. The van der Waals surface area contributed by atoms with E-state index in [1.54, 1.807) is 24.3 Å². The summed E-state index contributed by atoms with van der Waals surface area (Å²) in [7, 11) is 0. The summed E-state index contributed by atoms with van der Waals surface area (Å²) in [4.78, 5) is 35.0. The summed E-state index contributed by atoms with van der Waals surface area (Å²) >= 11 is 3.29. The molecule has 3 N–H and O–H groups in total. The molecular formula is C16H19BrN2O5. The van der Waals surface area contributed by atoms with E-state index in [2.05, 4.69) is 26.8 Å². The van der Waals surface area contributed by atoms with Crippen molar-refractivity contribution in [3.05, 3.63) is 28.7 Å². The van der Waals surface area contributed by atoms with E-state index in [9.17, 15) is 19.5 Å². The maximum absolute atomic E-state index is 12.1. The highest BCUT2D eigenvalue weighted by atomic mass is 79.9. The first-order valence-electron chi connectivity index (χ1n) is 7.67. The number of carboxylic acids is 1. The fourth-order valence-corrected chi connectivity index (χ4v) is 2.94. The van der Waals surface area contributed by atoms with Gasteiger partial charge in [-0.1, -0.05) is 28.8 Å². The molecule has 1 fully saturated rings. The van der Waals surface area contributed by atoms with E-state index in [1.807, 2.05) is 0 Å². The van der Waals surface area contributed by atoms with Crippen LogP contribution >= 0.6 is 15.9 Å². The molecule has 0 spiro atoms. The van der Waals surface area contributed by atoms with E-state index in [0.717, 1.165) is 17.3 Å². The smallest absolute Gasteiger partial charge is 0.307 e. The summed E-state index contributed by atoms with van der Waals surface area (Å²) in [6, 6.07) is 6.97. The number of benzene rings is 1. The number of aliphatic carboxylic acids is 1. The molecule has 0 heterocycles. The number of halogens is 1. The molecule has 2 rings (SSSR count). The molecule has 0 aromatic heterocycles. The molecule has 2 atom stereocenters. The van der Waals surface area contributed by atoms with Gasteiger partial charge in [-0.15, -0.1) is 0 Å². The number of hydrogen-bond acceptors (Lipinski definition) is 4. The van der Waals surface area contributed by atoms with E-state index in [1.165, 1.54) is 0 Å². The van der Waals surface area contributed by atoms with Gasteiger partial charge >= 0.3 is 5.97 Å². The molecule has 0 unspecified atom stereocenters. The average molecular weight is 399 g/mol. The number of rotatable bonds is 5. The zero-order valence-electron chi connectivity index (χ0n) is 13.0. The van der Waals surface area contributed by atoms with Gasteiger partial charge in [0.05, 0.1) is 11.8 Å². The van der Waals surface area contributed by atoms with Crippen molar-refractivity contribution in [3.63, 3.8) is 0 Å². The monoisotopic (exact) mass is 398 g/mol. The number of amides is 2. The Morgan fingerprint density at radius 2 is 1.71 bits per heavy atom. The van der Waals surface area contributed by atoms with Crippen molar-refractivity contribution >= 4 is 33.7 Å². The van der Waals surface area contributed by atoms with Gasteiger partial charge in [-0.05, 0) is 37.1 Å². The van der Waals surface area contributed by atoms with Gasteiger partial charge in [-0.2, -0.15) is 0 Å². The highest BCUT2D eigenvalue weighted by Gasteiger charge is 2.35. The van der Waals surface area contributed by atoms with Crippen LogP contribution in [0.5, 0.6) is 5.75 Å². The minimum absolute atomic E-state index is 0.255. The first kappa shape index (κ1) is 18.3. The summed E-state index contributed by atoms with van der Waals surface area (Å²) in [5.41, 5.74) is 4.55. The lowest BCUT2D eigenvalue weighted by Crippen LogP contribution is -2.49. The molecule has 130 valence electrons. The van der Waals surface area contributed by atoms with Gasteiger partial charge in [-0.25, -0.2) is 0 Å². The highest BCUT2D eigenvalue weighted by molar-refractivity contribution is 9.10. The fourth-order valence-electron chi connectivity index (χ4n) is 2.68. The number of carbonyl (C=O) groups is 3. The Morgan fingerprint density at radius 1 is 1.08 bits per heavy atom. The Balaban J connectivity index is 1.77. The molecular weight excluding hydrogens is 380 g/mol. The van der Waals surface area contributed by atoms with Gasteiger partial charge in [0.2, 0.25) is 5.91 Å². The second-order valence-electron chi connectivity index (χ2n) is 5.62. The van der Waals surface area contributed by atoms with Crippen LogP contribution in [-0.2, 0) is 14.4 Å². The lowest BCUT2D eigenvalue weighted by atomic mass is 9.79. The van der Waals surface area contributed by atoms with Crippen molar-refractivity contribution < 1.29 is 24.2 Å². The summed E-state index contributed by atoms with van der Waals surface area (Å²) in [5.74, 6) is -2.76. The predicted octanol–water partition coefficient (Wildman–Crippen LogP) is 1.87. The molecule has 24 heavy (non-hydrogen) atoms. The van der Waals surface area contributed by atoms with Crippen molar-refractivity contribution in [1.82, 2.24) is 10.9 Å². The fraction of sp³-hybridized carbons (Fsp3) is 0.438. The van der Waals surface area contributed by atoms with Gasteiger partial charge in [0.1, 0.15) is 5.75 Å². The first-order valence-corrected chi connectivity index (χ1v) is 8.46. The van der Waals surface area contributed by atoms with Crippen molar-refractivity contribution in [1.29, 1.82) is 0 Å². The van der Waals surface area contributed by atoms with E-state index in [-0.39, 0.29) is 6.61 Å². The Kier molecular flexibility index (Phi) is 6.60. The molecule has 1 saturated carbocycles. The van der Waals surface area contributed by atoms with Crippen LogP contribution in [0.2, 0.25) is 0 Å². The maximum Gasteiger partial charge on any atom is 0.307 e.